The molecule has 1 aliphatic rings. The number of hydrogen-bond donors (Lipinski definition) is 3. The molecule has 2 rings (SSSR count). The van der Waals surface area contributed by atoms with Crippen LogP contribution in [0.25, 0.3) is 0 Å². The summed E-state index contributed by atoms with van der Waals surface area (Å²) in [5.74, 6) is -1.17. The van der Waals surface area contributed by atoms with E-state index in [1.807, 2.05) is 0 Å². The topological polar surface area (TPSA) is 89.9 Å². The summed E-state index contributed by atoms with van der Waals surface area (Å²) in [4.78, 5) is 24.3. The van der Waals surface area contributed by atoms with Crippen LogP contribution < -0.4 is 5.32 Å². The zero-order valence-corrected chi connectivity index (χ0v) is 13.6. The number of anilines is 1. The molecule has 1 saturated heterocycles. The normalized spacial score (nSPS) is 21.4. The second kappa shape index (κ2) is 6.39. The predicted octanol–water partition coefficient (Wildman–Crippen LogP) is 2.81. The van der Waals surface area contributed by atoms with Crippen molar-refractivity contribution in [3.05, 3.63) is 26.7 Å². The highest BCUT2D eigenvalue weighted by atomic mass is 79.9. The molecule has 0 bridgehead atoms. The van der Waals surface area contributed by atoms with Crippen molar-refractivity contribution in [3.8, 4) is 0 Å². The minimum absolute atomic E-state index is 0.00240. The van der Waals surface area contributed by atoms with Crippen LogP contribution in [-0.4, -0.2) is 45.8 Å². The molecule has 0 aromatic heterocycles. The maximum absolute atomic E-state index is 12.2. The molecular weight excluding hydrogens is 387 g/mol. The summed E-state index contributed by atoms with van der Waals surface area (Å²) < 4.78 is 0.576. The summed E-state index contributed by atoms with van der Waals surface area (Å²) in [6.07, 6.45) is -0.863. The van der Waals surface area contributed by atoms with Crippen LogP contribution in [0.3, 0.4) is 0 Å². The van der Waals surface area contributed by atoms with Crippen LogP contribution in [-0.2, 0) is 4.79 Å². The van der Waals surface area contributed by atoms with Gasteiger partial charge in [0, 0.05) is 17.4 Å². The van der Waals surface area contributed by atoms with Crippen molar-refractivity contribution in [1.29, 1.82) is 0 Å². The quantitative estimate of drug-likeness (QED) is 0.669. The number of nitrogens with one attached hydrogen (secondary N) is 1. The zero-order chi connectivity index (χ0) is 15.7. The summed E-state index contributed by atoms with van der Waals surface area (Å²) >= 11 is 15.2. The van der Waals surface area contributed by atoms with Crippen LogP contribution in [0.2, 0.25) is 10.0 Å². The number of urea groups is 1. The Morgan fingerprint density at radius 1 is 1.33 bits per heavy atom. The molecule has 0 radical (unpaired) electrons. The molecule has 2 atom stereocenters. The number of aliphatic carboxylic acids is 1. The number of benzene rings is 1. The Bertz CT molecular complexity index is 599. The molecule has 0 aliphatic carbocycles. The first kappa shape index (κ1) is 16.4. The van der Waals surface area contributed by atoms with E-state index in [-0.39, 0.29) is 28.7 Å². The Labute approximate surface area is 138 Å². The number of carbonyl (C=O) groups excluding carboxylic acids is 1. The summed E-state index contributed by atoms with van der Waals surface area (Å²) in [7, 11) is 0. The van der Waals surface area contributed by atoms with E-state index in [2.05, 4.69) is 21.2 Å². The van der Waals surface area contributed by atoms with Gasteiger partial charge in [0.15, 0.2) is 0 Å². The monoisotopic (exact) mass is 396 g/mol. The van der Waals surface area contributed by atoms with Gasteiger partial charge in [-0.15, -0.1) is 0 Å². The Morgan fingerprint density at radius 3 is 2.62 bits per heavy atom. The van der Waals surface area contributed by atoms with Gasteiger partial charge in [-0.05, 0) is 28.1 Å². The number of amides is 2. The lowest BCUT2D eigenvalue weighted by atomic mass is 10.2. The third kappa shape index (κ3) is 3.42. The Morgan fingerprint density at radius 2 is 2.00 bits per heavy atom. The van der Waals surface area contributed by atoms with Gasteiger partial charge in [-0.25, -0.2) is 9.59 Å². The number of carboxylic acids is 1. The van der Waals surface area contributed by atoms with Gasteiger partial charge in [-0.3, -0.25) is 0 Å². The van der Waals surface area contributed by atoms with Gasteiger partial charge in [0.2, 0.25) is 0 Å². The number of aliphatic hydroxyl groups excluding tert-OH is 1. The molecule has 2 amide bonds. The average molecular weight is 398 g/mol. The first-order valence-corrected chi connectivity index (χ1v) is 7.48. The molecule has 6 nitrogen and oxygen atoms in total. The van der Waals surface area contributed by atoms with Crippen LogP contribution in [0.5, 0.6) is 0 Å². The van der Waals surface area contributed by atoms with E-state index in [1.165, 1.54) is 0 Å². The number of halogens is 3. The number of likely N-dealkylation sites (tertiary alicyclic amines) is 1. The largest absolute Gasteiger partial charge is 0.480 e. The number of β-amino-alcohol motifs (C(OH)–C–C–N with tert-alkyl or cyclic N) is 1. The Hall–Kier alpha value is -1.02. The highest BCUT2D eigenvalue weighted by Crippen LogP contribution is 2.36. The second-order valence-electron chi connectivity index (χ2n) is 4.55. The van der Waals surface area contributed by atoms with Crippen LogP contribution in [0.15, 0.2) is 16.6 Å². The number of nitrogens with zero attached hydrogens (tertiary/aromatic N) is 1. The van der Waals surface area contributed by atoms with Gasteiger partial charge in [0.1, 0.15) is 6.04 Å². The molecule has 3 N–H and O–H groups in total. The molecule has 0 unspecified atom stereocenters. The van der Waals surface area contributed by atoms with Crippen LogP contribution >= 0.6 is 39.1 Å². The van der Waals surface area contributed by atoms with E-state index in [0.717, 1.165) is 4.90 Å². The fourth-order valence-electron chi connectivity index (χ4n) is 2.08. The van der Waals surface area contributed by atoms with Crippen molar-refractivity contribution in [2.45, 2.75) is 18.6 Å². The van der Waals surface area contributed by atoms with Crippen molar-refractivity contribution in [3.63, 3.8) is 0 Å². The highest BCUT2D eigenvalue weighted by Gasteiger charge is 2.39. The maximum Gasteiger partial charge on any atom is 0.326 e. The lowest BCUT2D eigenvalue weighted by molar-refractivity contribution is -0.141. The molecule has 0 spiro atoms. The van der Waals surface area contributed by atoms with Gasteiger partial charge in [-0.1, -0.05) is 23.2 Å². The lowest BCUT2D eigenvalue weighted by Gasteiger charge is -2.22. The molecule has 1 heterocycles. The van der Waals surface area contributed by atoms with Crippen LogP contribution in [0.1, 0.15) is 6.42 Å². The third-order valence-corrected chi connectivity index (χ3v) is 4.87. The summed E-state index contributed by atoms with van der Waals surface area (Å²) in [6.45, 7) is -0.0509. The van der Waals surface area contributed by atoms with Crippen LogP contribution in [0, 0.1) is 0 Å². The minimum Gasteiger partial charge on any atom is -0.480 e. The first-order valence-electron chi connectivity index (χ1n) is 5.93. The number of hydrogen-bond acceptors (Lipinski definition) is 3. The smallest absolute Gasteiger partial charge is 0.326 e. The van der Waals surface area contributed by atoms with Crippen molar-refractivity contribution < 1.29 is 19.8 Å². The van der Waals surface area contributed by atoms with E-state index in [4.69, 9.17) is 28.3 Å². The van der Waals surface area contributed by atoms with E-state index >= 15 is 0 Å². The summed E-state index contributed by atoms with van der Waals surface area (Å²) in [6, 6.07) is 1.43. The molecule has 1 aromatic carbocycles. The molecule has 114 valence electrons. The second-order valence-corrected chi connectivity index (χ2v) is 6.16. The van der Waals surface area contributed by atoms with Gasteiger partial charge < -0.3 is 20.4 Å². The third-order valence-electron chi connectivity index (χ3n) is 3.10. The Balaban J connectivity index is 2.18. The first-order chi connectivity index (χ1) is 9.81. The molecular formula is C12H11BrCl2N2O4. The molecule has 1 aromatic rings. The van der Waals surface area contributed by atoms with E-state index in [0.29, 0.717) is 4.47 Å². The van der Waals surface area contributed by atoms with Gasteiger partial charge in [-0.2, -0.15) is 0 Å². The summed E-state index contributed by atoms with van der Waals surface area (Å²) in [5, 5.41) is 21.5. The number of carboxylic acid groups (broad SMARTS) is 1. The fourth-order valence-corrected chi connectivity index (χ4v) is 2.90. The minimum atomic E-state index is -1.17. The Kier molecular flexibility index (Phi) is 4.98. The van der Waals surface area contributed by atoms with Crippen molar-refractivity contribution >= 4 is 56.8 Å². The number of aliphatic hydroxyl groups is 1. The lowest BCUT2D eigenvalue weighted by Crippen LogP contribution is -2.43. The van der Waals surface area contributed by atoms with Gasteiger partial charge >= 0.3 is 12.0 Å². The van der Waals surface area contributed by atoms with Crippen molar-refractivity contribution in [2.24, 2.45) is 0 Å². The van der Waals surface area contributed by atoms with Gasteiger partial charge in [0.05, 0.1) is 21.8 Å². The van der Waals surface area contributed by atoms with E-state index in [9.17, 15) is 14.7 Å². The SMILES string of the molecule is O=C(O)[C@H]1C[C@@H](O)CN1C(=O)Nc1ccc(Br)c(Cl)c1Cl. The standard InChI is InChI=1S/C12H11BrCl2N2O4/c13-6-1-2-7(10(15)9(6)14)16-12(21)17-4-5(18)3-8(17)11(19)20/h1-2,5,8,18H,3-4H2,(H,16,21)(H,19,20)/t5-,8-/m1/s1. The zero-order valence-electron chi connectivity index (χ0n) is 10.5. The predicted molar refractivity (Wildman–Crippen MR) is 81.9 cm³/mol. The van der Waals surface area contributed by atoms with Crippen molar-refractivity contribution in [1.82, 2.24) is 4.90 Å². The maximum atomic E-state index is 12.2. The van der Waals surface area contributed by atoms with Crippen molar-refractivity contribution in [2.75, 3.05) is 11.9 Å². The molecule has 21 heavy (non-hydrogen) atoms. The van der Waals surface area contributed by atoms with E-state index in [1.54, 1.807) is 12.1 Å². The van der Waals surface area contributed by atoms with Crippen LogP contribution in [0.4, 0.5) is 10.5 Å². The molecule has 0 saturated carbocycles. The van der Waals surface area contributed by atoms with Gasteiger partial charge in [0.25, 0.3) is 0 Å². The van der Waals surface area contributed by atoms with E-state index < -0.39 is 24.1 Å². The highest BCUT2D eigenvalue weighted by molar-refractivity contribution is 9.10. The molecule has 9 heteroatoms. The number of rotatable bonds is 2. The molecule has 1 aliphatic heterocycles. The number of carbonyl (C=O) groups is 2. The average Bonchev–Trinajstić information content (AvgIpc) is 2.82. The molecule has 1 fully saturated rings. The fraction of sp³-hybridized carbons (Fsp3) is 0.333. The summed E-state index contributed by atoms with van der Waals surface area (Å²) in [5.41, 5.74) is 0.264.